The van der Waals surface area contributed by atoms with Crippen molar-refractivity contribution < 1.29 is 32.4 Å². The second-order valence-corrected chi connectivity index (χ2v) is 7.38. The number of fused-ring (bicyclic) bond motifs is 1. The highest BCUT2D eigenvalue weighted by Crippen LogP contribution is 2.46. The first kappa shape index (κ1) is 18.1. The smallest absolute Gasteiger partial charge is 0.336 e. The third kappa shape index (κ3) is 3.46. The van der Waals surface area contributed by atoms with Gasteiger partial charge in [-0.1, -0.05) is 6.92 Å². The molecular weight excluding hydrogens is 338 g/mol. The van der Waals surface area contributed by atoms with Gasteiger partial charge in [-0.05, 0) is 25.8 Å². The van der Waals surface area contributed by atoms with Crippen molar-refractivity contribution in [3.8, 4) is 5.75 Å². The third-order valence-electron chi connectivity index (χ3n) is 4.22. The number of nitrogens with zero attached hydrogens (tertiary/aromatic N) is 1. The van der Waals surface area contributed by atoms with E-state index in [1.165, 1.54) is 12.1 Å². The van der Waals surface area contributed by atoms with Crippen molar-refractivity contribution in [2.75, 3.05) is 5.75 Å². The summed E-state index contributed by atoms with van der Waals surface area (Å²) >= 11 is 0. The zero-order valence-electron chi connectivity index (χ0n) is 13.1. The zero-order chi connectivity index (χ0) is 18.1. The van der Waals surface area contributed by atoms with Crippen molar-refractivity contribution in [3.05, 3.63) is 23.3 Å². The fourth-order valence-corrected chi connectivity index (χ4v) is 3.47. The maximum atomic E-state index is 11.6. The van der Waals surface area contributed by atoms with Crippen LogP contribution in [0.25, 0.3) is 0 Å². The molecule has 2 N–H and O–H groups in total. The van der Waals surface area contributed by atoms with E-state index in [2.05, 4.69) is 4.99 Å². The van der Waals surface area contributed by atoms with E-state index in [1.54, 1.807) is 13.8 Å². The molecule has 0 fully saturated rings. The minimum atomic E-state index is -4.09. The molecule has 8 nitrogen and oxygen atoms in total. The molecule has 1 aromatic carbocycles. The van der Waals surface area contributed by atoms with Crippen molar-refractivity contribution in [1.82, 2.24) is 0 Å². The van der Waals surface area contributed by atoms with Crippen molar-refractivity contribution in [3.63, 3.8) is 0 Å². The van der Waals surface area contributed by atoms with E-state index in [-0.39, 0.29) is 24.2 Å². The van der Waals surface area contributed by atoms with Crippen molar-refractivity contribution in [2.45, 2.75) is 32.1 Å². The van der Waals surface area contributed by atoms with Gasteiger partial charge >= 0.3 is 5.97 Å². The monoisotopic (exact) mass is 355 g/mol. The number of hydrogen-bond donors (Lipinski definition) is 2. The van der Waals surface area contributed by atoms with Crippen molar-refractivity contribution in [2.24, 2.45) is 4.99 Å². The van der Waals surface area contributed by atoms with Crippen LogP contribution in [0, 0.1) is 0 Å². The first-order valence-electron chi connectivity index (χ1n) is 7.11. The van der Waals surface area contributed by atoms with Crippen LogP contribution >= 0.6 is 0 Å². The van der Waals surface area contributed by atoms with E-state index < -0.39 is 27.3 Å². The number of carboxylic acids is 1. The summed E-state index contributed by atoms with van der Waals surface area (Å²) in [6.07, 6.45) is 0.441. The second kappa shape index (κ2) is 6.33. The number of carbonyl (C=O) groups is 2. The lowest BCUT2D eigenvalue weighted by atomic mass is 9.74. The van der Waals surface area contributed by atoms with Crippen LogP contribution in [-0.2, 0) is 20.3 Å². The average molecular weight is 355 g/mol. The molecule has 1 aliphatic rings. The lowest BCUT2D eigenvalue weighted by molar-refractivity contribution is -0.120. The average Bonchev–Trinajstić information content (AvgIpc) is 2.68. The molecule has 0 bridgehead atoms. The predicted molar refractivity (Wildman–Crippen MR) is 85.9 cm³/mol. The number of carbonyl (C=O) groups excluding carboxylic acids is 1. The Labute approximate surface area is 138 Å². The maximum Gasteiger partial charge on any atom is 0.336 e. The Balaban J connectivity index is 2.47. The van der Waals surface area contributed by atoms with Crippen LogP contribution < -0.4 is 4.74 Å². The molecule has 1 unspecified atom stereocenters. The molecular formula is C15H17NO7S. The van der Waals surface area contributed by atoms with Gasteiger partial charge in [-0.15, -0.1) is 0 Å². The summed E-state index contributed by atoms with van der Waals surface area (Å²) in [5.41, 5.74) is 0.602. The molecule has 0 radical (unpaired) electrons. The Kier molecular flexibility index (Phi) is 4.77. The minimum absolute atomic E-state index is 0.0562. The van der Waals surface area contributed by atoms with Gasteiger partial charge in [0, 0.05) is 22.8 Å². The third-order valence-corrected chi connectivity index (χ3v) is 5.03. The highest BCUT2D eigenvalue weighted by atomic mass is 32.2. The molecule has 0 saturated heterocycles. The van der Waals surface area contributed by atoms with Gasteiger partial charge in [0.1, 0.15) is 5.75 Å². The van der Waals surface area contributed by atoms with Gasteiger partial charge in [0.05, 0.1) is 17.0 Å². The molecule has 9 heteroatoms. The molecule has 130 valence electrons. The molecule has 1 aromatic rings. The van der Waals surface area contributed by atoms with Crippen LogP contribution in [0.15, 0.2) is 17.1 Å². The van der Waals surface area contributed by atoms with E-state index in [0.717, 1.165) is 0 Å². The Morgan fingerprint density at radius 1 is 1.42 bits per heavy atom. The summed E-state index contributed by atoms with van der Waals surface area (Å²) in [6.45, 7) is 3.69. The molecule has 1 heterocycles. The lowest BCUT2D eigenvalue weighted by Crippen LogP contribution is -2.30. The van der Waals surface area contributed by atoms with Gasteiger partial charge in [-0.2, -0.15) is 8.42 Å². The van der Waals surface area contributed by atoms with Gasteiger partial charge in [-0.3, -0.25) is 14.3 Å². The molecule has 0 spiro atoms. The number of ether oxygens (including phenoxy) is 1. The summed E-state index contributed by atoms with van der Waals surface area (Å²) < 4.78 is 35.4. The topological polar surface area (TPSA) is 130 Å². The van der Waals surface area contributed by atoms with Gasteiger partial charge in [-0.25, -0.2) is 4.79 Å². The van der Waals surface area contributed by atoms with Crippen LogP contribution in [0.4, 0.5) is 5.69 Å². The van der Waals surface area contributed by atoms with Crippen molar-refractivity contribution >= 4 is 34.0 Å². The van der Waals surface area contributed by atoms with Gasteiger partial charge in [0.15, 0.2) is 0 Å². The van der Waals surface area contributed by atoms with E-state index in [0.29, 0.717) is 23.4 Å². The maximum absolute atomic E-state index is 11.6. The Bertz CT molecular complexity index is 828. The van der Waals surface area contributed by atoms with Crippen LogP contribution in [0.3, 0.4) is 0 Å². The largest absolute Gasteiger partial charge is 0.478 e. The van der Waals surface area contributed by atoms with E-state index in [4.69, 9.17) is 9.29 Å². The first-order chi connectivity index (χ1) is 11.1. The standard InChI is InChI=1S/C15H17NO7S/c1-9-15(2,4-3-5-24(20,21)22)13-11(14(18)19)6-10(23-8-17)7-12(13)16-9/h6-8H,3-5H2,1-2H3,(H,18,19)(H,20,21,22). The quantitative estimate of drug-likeness (QED) is 0.564. The van der Waals surface area contributed by atoms with Gasteiger partial charge in [0.2, 0.25) is 0 Å². The summed E-state index contributed by atoms with van der Waals surface area (Å²) in [5.74, 6) is -1.55. The Morgan fingerprint density at radius 2 is 2.08 bits per heavy atom. The van der Waals surface area contributed by atoms with E-state index in [1.807, 2.05) is 0 Å². The highest BCUT2D eigenvalue weighted by Gasteiger charge is 2.40. The first-order valence-corrected chi connectivity index (χ1v) is 8.72. The van der Waals surface area contributed by atoms with Gasteiger partial charge < -0.3 is 9.84 Å². The normalized spacial score (nSPS) is 19.5. The van der Waals surface area contributed by atoms with Crippen LogP contribution in [-0.4, -0.2) is 42.0 Å². The fraction of sp³-hybridized carbons (Fsp3) is 0.400. The summed E-state index contributed by atoms with van der Waals surface area (Å²) in [7, 11) is -4.09. The highest BCUT2D eigenvalue weighted by molar-refractivity contribution is 7.85. The van der Waals surface area contributed by atoms with Crippen LogP contribution in [0.1, 0.15) is 42.6 Å². The second-order valence-electron chi connectivity index (χ2n) is 5.80. The molecule has 0 aromatic heterocycles. The number of aromatic carboxylic acids is 1. The van der Waals surface area contributed by atoms with Crippen molar-refractivity contribution in [1.29, 1.82) is 0 Å². The molecule has 0 amide bonds. The minimum Gasteiger partial charge on any atom is -0.478 e. The predicted octanol–water partition coefficient (Wildman–Crippen LogP) is 1.95. The molecule has 0 saturated carbocycles. The lowest BCUT2D eigenvalue weighted by Gasteiger charge is -2.27. The molecule has 24 heavy (non-hydrogen) atoms. The summed E-state index contributed by atoms with van der Waals surface area (Å²) in [4.78, 5) is 26.5. The number of hydrogen-bond acceptors (Lipinski definition) is 6. The molecule has 0 aliphatic carbocycles. The zero-order valence-corrected chi connectivity index (χ0v) is 14.0. The Hall–Kier alpha value is -2.26. The van der Waals surface area contributed by atoms with Gasteiger partial charge in [0.25, 0.3) is 16.6 Å². The SMILES string of the molecule is CC1=Nc2cc(OC=O)cc(C(=O)O)c2C1(C)CCCS(=O)(=O)O. The molecule has 2 rings (SSSR count). The molecule has 1 aliphatic heterocycles. The number of rotatable bonds is 7. The number of carboxylic acid groups (broad SMARTS) is 1. The number of aliphatic imine (C=N–C) groups is 1. The van der Waals surface area contributed by atoms with E-state index in [9.17, 15) is 23.1 Å². The Morgan fingerprint density at radius 3 is 2.62 bits per heavy atom. The van der Waals surface area contributed by atoms with Crippen LogP contribution in [0.2, 0.25) is 0 Å². The summed E-state index contributed by atoms with van der Waals surface area (Å²) in [5, 5.41) is 9.48. The van der Waals surface area contributed by atoms with Crippen LogP contribution in [0.5, 0.6) is 5.75 Å². The fourth-order valence-electron chi connectivity index (χ4n) is 2.96. The summed E-state index contributed by atoms with van der Waals surface area (Å²) in [6, 6.07) is 2.71. The molecule has 1 atom stereocenters. The number of benzene rings is 1. The van der Waals surface area contributed by atoms with E-state index >= 15 is 0 Å².